The number of halogens is 3. The van der Waals surface area contributed by atoms with Gasteiger partial charge in [-0.25, -0.2) is 13.8 Å². The van der Waals surface area contributed by atoms with Crippen LogP contribution in [0.4, 0.5) is 8.78 Å². The number of nitrogens with zero attached hydrogens (tertiary/aromatic N) is 1. The first kappa shape index (κ1) is 24.1. The topological polar surface area (TPSA) is 61.4 Å². The zero-order chi connectivity index (χ0) is 20.6. The molecule has 162 valence electrons. The van der Waals surface area contributed by atoms with Crippen molar-refractivity contribution in [2.45, 2.75) is 26.5 Å². The molecule has 0 saturated heterocycles. The lowest BCUT2D eigenvalue weighted by Crippen LogP contribution is -2.38. The molecular formula is C22H27F2IN4O. The summed E-state index contributed by atoms with van der Waals surface area (Å²) in [7, 11) is 1.54. The van der Waals surface area contributed by atoms with Crippen molar-refractivity contribution in [3.63, 3.8) is 0 Å². The molecule has 0 fully saturated rings. The van der Waals surface area contributed by atoms with Gasteiger partial charge in [0.25, 0.3) is 0 Å². The van der Waals surface area contributed by atoms with Crippen LogP contribution in [-0.4, -0.2) is 31.1 Å². The smallest absolute Gasteiger partial charge is 0.191 e. The van der Waals surface area contributed by atoms with Gasteiger partial charge in [0.15, 0.2) is 5.96 Å². The van der Waals surface area contributed by atoms with Crippen LogP contribution in [-0.2, 0) is 24.3 Å². The Balaban J connectivity index is 0.00000320. The maximum Gasteiger partial charge on any atom is 0.191 e. The fourth-order valence-corrected chi connectivity index (χ4v) is 3.18. The molecule has 0 saturated carbocycles. The van der Waals surface area contributed by atoms with Crippen LogP contribution >= 0.6 is 24.0 Å². The number of nitrogens with one attached hydrogen (secondary N) is 3. The molecule has 30 heavy (non-hydrogen) atoms. The number of fused-ring (bicyclic) bond motifs is 1. The fourth-order valence-electron chi connectivity index (χ4n) is 3.18. The number of ether oxygens (including phenoxy) is 1. The first-order valence-electron chi connectivity index (χ1n) is 9.64. The number of aliphatic imine (C=N–C) groups is 1. The SMILES string of the molecule is CCNC(=NCc1ccc(F)c(COC)c1)NCCc1c[nH]c2ccc(F)cc12.I. The summed E-state index contributed by atoms with van der Waals surface area (Å²) in [5.41, 5.74) is 3.39. The number of aromatic nitrogens is 1. The van der Waals surface area contributed by atoms with E-state index in [9.17, 15) is 8.78 Å². The molecule has 5 nitrogen and oxygen atoms in total. The second kappa shape index (κ2) is 11.8. The molecule has 0 aliphatic heterocycles. The highest BCUT2D eigenvalue weighted by Crippen LogP contribution is 2.19. The number of H-pyrrole nitrogens is 1. The Morgan fingerprint density at radius 2 is 1.93 bits per heavy atom. The van der Waals surface area contributed by atoms with Crippen LogP contribution in [0.2, 0.25) is 0 Å². The van der Waals surface area contributed by atoms with Crippen LogP contribution in [0.3, 0.4) is 0 Å². The zero-order valence-electron chi connectivity index (χ0n) is 17.1. The summed E-state index contributed by atoms with van der Waals surface area (Å²) >= 11 is 0. The van der Waals surface area contributed by atoms with E-state index in [1.807, 2.05) is 13.1 Å². The van der Waals surface area contributed by atoms with Crippen LogP contribution in [0.1, 0.15) is 23.6 Å². The van der Waals surface area contributed by atoms with Crippen LogP contribution in [0.5, 0.6) is 0 Å². The third kappa shape index (κ3) is 6.40. The summed E-state index contributed by atoms with van der Waals surface area (Å²) < 4.78 is 32.3. The number of rotatable bonds is 8. The van der Waals surface area contributed by atoms with E-state index in [4.69, 9.17) is 4.74 Å². The van der Waals surface area contributed by atoms with Crippen molar-refractivity contribution < 1.29 is 13.5 Å². The maximum atomic E-state index is 13.7. The summed E-state index contributed by atoms with van der Waals surface area (Å²) in [6.45, 7) is 4.02. The van der Waals surface area contributed by atoms with Crippen LogP contribution in [0.15, 0.2) is 47.6 Å². The number of aromatic amines is 1. The summed E-state index contributed by atoms with van der Waals surface area (Å²) in [4.78, 5) is 7.74. The minimum atomic E-state index is -0.278. The highest BCUT2D eigenvalue weighted by Gasteiger charge is 2.06. The molecule has 0 spiro atoms. The fraction of sp³-hybridized carbons (Fsp3) is 0.318. The lowest BCUT2D eigenvalue weighted by atomic mass is 10.1. The maximum absolute atomic E-state index is 13.7. The second-order valence-corrected chi connectivity index (χ2v) is 6.73. The molecule has 0 aliphatic carbocycles. The van der Waals surface area contributed by atoms with Gasteiger partial charge < -0.3 is 20.4 Å². The summed E-state index contributed by atoms with van der Waals surface area (Å²) in [5.74, 6) is 0.157. The van der Waals surface area contributed by atoms with Gasteiger partial charge in [-0.1, -0.05) is 6.07 Å². The Morgan fingerprint density at radius 3 is 2.70 bits per heavy atom. The van der Waals surface area contributed by atoms with Gasteiger partial charge in [0, 0.05) is 42.9 Å². The number of hydrogen-bond acceptors (Lipinski definition) is 2. The number of hydrogen-bond donors (Lipinski definition) is 3. The average molecular weight is 528 g/mol. The Bertz CT molecular complexity index is 990. The Labute approximate surface area is 192 Å². The van der Waals surface area contributed by atoms with Crippen molar-refractivity contribution in [2.75, 3.05) is 20.2 Å². The largest absolute Gasteiger partial charge is 0.380 e. The van der Waals surface area contributed by atoms with E-state index in [1.165, 1.54) is 12.1 Å². The number of methoxy groups -OCH3 is 1. The Kier molecular flexibility index (Phi) is 9.51. The van der Waals surface area contributed by atoms with E-state index in [1.54, 1.807) is 31.4 Å². The van der Waals surface area contributed by atoms with Crippen molar-refractivity contribution in [1.82, 2.24) is 15.6 Å². The summed E-state index contributed by atoms with van der Waals surface area (Å²) in [6.07, 6.45) is 2.63. The molecule has 1 aromatic heterocycles. The quantitative estimate of drug-likeness (QED) is 0.229. The third-order valence-corrected chi connectivity index (χ3v) is 4.59. The lowest BCUT2D eigenvalue weighted by Gasteiger charge is -2.11. The van der Waals surface area contributed by atoms with E-state index in [-0.39, 0.29) is 42.2 Å². The average Bonchev–Trinajstić information content (AvgIpc) is 3.10. The summed E-state index contributed by atoms with van der Waals surface area (Å²) in [6, 6.07) is 9.68. The predicted octanol–water partition coefficient (Wildman–Crippen LogP) is 4.51. The Hall–Kier alpha value is -2.20. The highest BCUT2D eigenvalue weighted by atomic mass is 127. The van der Waals surface area contributed by atoms with Gasteiger partial charge in [0.1, 0.15) is 11.6 Å². The predicted molar refractivity (Wildman–Crippen MR) is 127 cm³/mol. The second-order valence-electron chi connectivity index (χ2n) is 6.73. The summed E-state index contributed by atoms with van der Waals surface area (Å²) in [5, 5.41) is 7.39. The van der Waals surface area contributed by atoms with Gasteiger partial charge in [0.2, 0.25) is 0 Å². The molecule has 3 rings (SSSR count). The van der Waals surface area contributed by atoms with Crippen LogP contribution < -0.4 is 10.6 Å². The van der Waals surface area contributed by atoms with E-state index < -0.39 is 0 Å². The van der Waals surface area contributed by atoms with E-state index in [0.717, 1.165) is 35.0 Å². The van der Waals surface area contributed by atoms with Crippen molar-refractivity contribution in [3.8, 4) is 0 Å². The minimum Gasteiger partial charge on any atom is -0.380 e. The van der Waals surface area contributed by atoms with Gasteiger partial charge in [-0.15, -0.1) is 24.0 Å². The molecule has 0 unspecified atom stereocenters. The minimum absolute atomic E-state index is 0. The molecule has 0 radical (unpaired) electrons. The molecule has 3 N–H and O–H groups in total. The standard InChI is InChI=1S/C22H26F2N4O.HI/c1-3-25-22(28-12-15-4-6-20(24)17(10-15)14-29-2)26-9-8-16-13-27-21-7-5-18(23)11-19(16)21;/h4-7,10-11,13,27H,3,8-9,12,14H2,1-2H3,(H2,25,26,28);1H. The molecule has 0 bridgehead atoms. The molecule has 0 amide bonds. The van der Waals surface area contributed by atoms with Crippen LogP contribution in [0, 0.1) is 11.6 Å². The molecule has 0 aliphatic rings. The van der Waals surface area contributed by atoms with Gasteiger partial charge in [0.05, 0.1) is 13.2 Å². The molecule has 0 atom stereocenters. The van der Waals surface area contributed by atoms with Crippen molar-refractivity contribution >= 4 is 40.8 Å². The molecule has 1 heterocycles. The molecule has 2 aromatic carbocycles. The van der Waals surface area contributed by atoms with Crippen molar-refractivity contribution in [2.24, 2.45) is 4.99 Å². The first-order chi connectivity index (χ1) is 14.1. The zero-order valence-corrected chi connectivity index (χ0v) is 19.4. The van der Waals surface area contributed by atoms with E-state index in [0.29, 0.717) is 24.6 Å². The number of benzene rings is 2. The molecule has 3 aromatic rings. The van der Waals surface area contributed by atoms with Crippen LogP contribution in [0.25, 0.3) is 10.9 Å². The van der Waals surface area contributed by atoms with Gasteiger partial charge in [-0.2, -0.15) is 0 Å². The van der Waals surface area contributed by atoms with E-state index in [2.05, 4.69) is 20.6 Å². The molecular weight excluding hydrogens is 501 g/mol. The lowest BCUT2D eigenvalue weighted by molar-refractivity contribution is 0.181. The number of guanidine groups is 1. The third-order valence-electron chi connectivity index (χ3n) is 4.59. The Morgan fingerprint density at radius 1 is 1.10 bits per heavy atom. The van der Waals surface area contributed by atoms with Crippen molar-refractivity contribution in [1.29, 1.82) is 0 Å². The van der Waals surface area contributed by atoms with Gasteiger partial charge >= 0.3 is 0 Å². The monoisotopic (exact) mass is 528 g/mol. The van der Waals surface area contributed by atoms with Gasteiger partial charge in [-0.3, -0.25) is 0 Å². The molecule has 8 heteroatoms. The first-order valence-corrected chi connectivity index (χ1v) is 9.64. The van der Waals surface area contributed by atoms with Gasteiger partial charge in [-0.05, 0) is 54.8 Å². The highest BCUT2D eigenvalue weighted by molar-refractivity contribution is 14.0. The van der Waals surface area contributed by atoms with E-state index >= 15 is 0 Å². The van der Waals surface area contributed by atoms with Crippen molar-refractivity contribution in [3.05, 3.63) is 70.9 Å². The normalized spacial score (nSPS) is 11.4.